The van der Waals surface area contributed by atoms with E-state index in [1.165, 1.54) is 37.5 Å². The number of hydrogen-bond acceptors (Lipinski definition) is 3. The van der Waals surface area contributed by atoms with Crippen LogP contribution in [0.15, 0.2) is 18.2 Å². The quantitative estimate of drug-likeness (QED) is 0.804. The van der Waals surface area contributed by atoms with Gasteiger partial charge in [0.2, 0.25) is 0 Å². The second-order valence-corrected chi connectivity index (χ2v) is 7.96. The van der Waals surface area contributed by atoms with Crippen molar-refractivity contribution >= 4 is 5.97 Å². The molecule has 0 unspecified atom stereocenters. The number of aliphatic hydroxyl groups excluding tert-OH is 1. The van der Waals surface area contributed by atoms with Crippen molar-refractivity contribution < 1.29 is 14.6 Å². The van der Waals surface area contributed by atoms with Gasteiger partial charge in [-0.1, -0.05) is 13.0 Å². The average molecular weight is 314 g/mol. The van der Waals surface area contributed by atoms with Gasteiger partial charge in [0.05, 0.1) is 18.8 Å². The third-order valence-corrected chi connectivity index (χ3v) is 7.10. The van der Waals surface area contributed by atoms with Crippen LogP contribution in [-0.4, -0.2) is 24.3 Å². The molecule has 3 aliphatic carbocycles. The lowest BCUT2D eigenvalue weighted by atomic mass is 9.55. The van der Waals surface area contributed by atoms with Crippen molar-refractivity contribution in [3.63, 3.8) is 0 Å². The van der Waals surface area contributed by atoms with Gasteiger partial charge in [-0.25, -0.2) is 4.79 Å². The van der Waals surface area contributed by atoms with E-state index in [4.69, 9.17) is 4.74 Å². The van der Waals surface area contributed by atoms with E-state index in [1.807, 2.05) is 12.1 Å². The largest absolute Gasteiger partial charge is 0.465 e. The van der Waals surface area contributed by atoms with Gasteiger partial charge in [0.1, 0.15) is 0 Å². The van der Waals surface area contributed by atoms with Crippen molar-refractivity contribution in [2.24, 2.45) is 17.3 Å². The van der Waals surface area contributed by atoms with Gasteiger partial charge < -0.3 is 9.84 Å². The molecule has 1 N–H and O–H groups in total. The van der Waals surface area contributed by atoms with E-state index in [2.05, 4.69) is 13.0 Å². The molecule has 2 fully saturated rings. The fraction of sp³-hybridized carbons (Fsp3) is 0.650. The van der Waals surface area contributed by atoms with E-state index in [0.29, 0.717) is 23.3 Å². The lowest BCUT2D eigenvalue weighted by Crippen LogP contribution is -2.43. The third-order valence-electron chi connectivity index (χ3n) is 7.10. The lowest BCUT2D eigenvalue weighted by Gasteiger charge is -2.50. The molecular weight excluding hydrogens is 288 g/mol. The summed E-state index contributed by atoms with van der Waals surface area (Å²) in [5.41, 5.74) is 3.57. The van der Waals surface area contributed by atoms with Crippen LogP contribution in [0.3, 0.4) is 0 Å². The number of benzene rings is 1. The Kier molecular flexibility index (Phi) is 3.53. The molecule has 0 aliphatic heterocycles. The number of aliphatic hydroxyl groups is 1. The molecule has 5 atom stereocenters. The molecule has 1 aromatic rings. The number of hydrogen-bond donors (Lipinski definition) is 1. The molecule has 3 aliphatic rings. The highest BCUT2D eigenvalue weighted by atomic mass is 16.5. The van der Waals surface area contributed by atoms with Crippen LogP contribution in [0.1, 0.15) is 66.4 Å². The normalized spacial score (nSPS) is 38.4. The first-order valence-corrected chi connectivity index (χ1v) is 8.94. The number of methoxy groups -OCH3 is 1. The van der Waals surface area contributed by atoms with Crippen molar-refractivity contribution in [3.8, 4) is 0 Å². The van der Waals surface area contributed by atoms with Gasteiger partial charge in [-0.3, -0.25) is 0 Å². The molecule has 3 nitrogen and oxygen atoms in total. The Bertz CT molecular complexity index is 638. The summed E-state index contributed by atoms with van der Waals surface area (Å²) in [6, 6.07) is 6.12. The van der Waals surface area contributed by atoms with Gasteiger partial charge in [-0.2, -0.15) is 0 Å². The summed E-state index contributed by atoms with van der Waals surface area (Å²) < 4.78 is 4.85. The summed E-state index contributed by atoms with van der Waals surface area (Å²) in [7, 11) is 1.44. The first kappa shape index (κ1) is 15.2. The molecule has 1 aromatic carbocycles. The number of aryl methyl sites for hydroxylation is 1. The Morgan fingerprint density at radius 2 is 2.09 bits per heavy atom. The zero-order chi connectivity index (χ0) is 16.2. The van der Waals surface area contributed by atoms with Crippen LogP contribution in [-0.2, 0) is 11.2 Å². The van der Waals surface area contributed by atoms with Crippen LogP contribution in [0.25, 0.3) is 0 Å². The van der Waals surface area contributed by atoms with Crippen molar-refractivity contribution in [3.05, 3.63) is 34.9 Å². The highest BCUT2D eigenvalue weighted by Crippen LogP contribution is 2.60. The minimum Gasteiger partial charge on any atom is -0.465 e. The van der Waals surface area contributed by atoms with E-state index in [9.17, 15) is 9.90 Å². The predicted octanol–water partition coefficient (Wildman–Crippen LogP) is 3.69. The van der Waals surface area contributed by atoms with E-state index >= 15 is 0 Å². The molecule has 3 heteroatoms. The summed E-state index contributed by atoms with van der Waals surface area (Å²) in [5, 5.41) is 10.4. The number of fused-ring (bicyclic) bond motifs is 5. The zero-order valence-corrected chi connectivity index (χ0v) is 14.0. The second kappa shape index (κ2) is 5.34. The van der Waals surface area contributed by atoms with Crippen molar-refractivity contribution in [2.45, 2.75) is 57.5 Å². The van der Waals surface area contributed by atoms with Crippen LogP contribution >= 0.6 is 0 Å². The topological polar surface area (TPSA) is 46.5 Å². The Balaban J connectivity index is 1.66. The van der Waals surface area contributed by atoms with Gasteiger partial charge in [0.25, 0.3) is 0 Å². The number of carbonyl (C=O) groups is 1. The summed E-state index contributed by atoms with van der Waals surface area (Å²) in [6.45, 7) is 2.31. The van der Waals surface area contributed by atoms with Crippen LogP contribution in [0, 0.1) is 17.3 Å². The molecule has 0 spiro atoms. The molecule has 0 aromatic heterocycles. The van der Waals surface area contributed by atoms with E-state index < -0.39 is 0 Å². The smallest absolute Gasteiger partial charge is 0.337 e. The maximum Gasteiger partial charge on any atom is 0.337 e. The van der Waals surface area contributed by atoms with Crippen molar-refractivity contribution in [1.82, 2.24) is 0 Å². The van der Waals surface area contributed by atoms with Crippen LogP contribution < -0.4 is 0 Å². The Morgan fingerprint density at radius 1 is 1.26 bits per heavy atom. The van der Waals surface area contributed by atoms with E-state index in [-0.39, 0.29) is 17.5 Å². The number of ether oxygens (including phenoxy) is 1. The van der Waals surface area contributed by atoms with Gasteiger partial charge in [0, 0.05) is 0 Å². The van der Waals surface area contributed by atoms with Crippen LogP contribution in [0.5, 0.6) is 0 Å². The summed E-state index contributed by atoms with van der Waals surface area (Å²) >= 11 is 0. The monoisotopic (exact) mass is 314 g/mol. The van der Waals surface area contributed by atoms with Gasteiger partial charge >= 0.3 is 5.97 Å². The standard InChI is InChI=1S/C20H26O3/c1-20-10-9-15-14-5-4-13(19(22)23-2)11-12(14)3-6-16(15)17(20)7-8-18(20)21/h4-5,11,15-18,21H,3,6-10H2,1-2H3/t15-,16-,17+,18+,20+/m1/s1. The molecule has 0 bridgehead atoms. The van der Waals surface area contributed by atoms with Crippen LogP contribution in [0.4, 0.5) is 0 Å². The zero-order valence-electron chi connectivity index (χ0n) is 14.0. The van der Waals surface area contributed by atoms with Crippen molar-refractivity contribution in [1.29, 1.82) is 0 Å². The third kappa shape index (κ3) is 2.16. The number of carbonyl (C=O) groups excluding carboxylic acids is 1. The molecule has 0 heterocycles. The minimum atomic E-state index is -0.245. The SMILES string of the molecule is COC(=O)c1ccc2c(c1)CC[C@@H]1[C@@H]2CC[C@]2(C)[C@@H](O)CC[C@@H]12. The average Bonchev–Trinajstić information content (AvgIpc) is 2.88. The van der Waals surface area contributed by atoms with Gasteiger partial charge in [0.15, 0.2) is 0 Å². The van der Waals surface area contributed by atoms with E-state index in [1.54, 1.807) is 0 Å². The molecule has 4 rings (SSSR count). The second-order valence-electron chi connectivity index (χ2n) is 7.96. The summed E-state index contributed by atoms with van der Waals surface area (Å²) in [6.07, 6.45) is 6.56. The molecule has 0 amide bonds. The molecule has 124 valence electrons. The van der Waals surface area contributed by atoms with Crippen LogP contribution in [0.2, 0.25) is 0 Å². The molecule has 0 radical (unpaired) electrons. The minimum absolute atomic E-state index is 0.114. The Morgan fingerprint density at radius 3 is 2.87 bits per heavy atom. The number of esters is 1. The highest BCUT2D eigenvalue weighted by molar-refractivity contribution is 5.89. The Hall–Kier alpha value is -1.35. The fourth-order valence-electron chi connectivity index (χ4n) is 5.80. The lowest BCUT2D eigenvalue weighted by molar-refractivity contribution is -0.0226. The molecule has 2 saturated carbocycles. The fourth-order valence-corrected chi connectivity index (χ4v) is 5.80. The highest BCUT2D eigenvalue weighted by Gasteiger charge is 2.54. The molecular formula is C20H26O3. The van der Waals surface area contributed by atoms with Gasteiger partial charge in [-0.15, -0.1) is 0 Å². The first-order chi connectivity index (χ1) is 11.0. The van der Waals surface area contributed by atoms with Crippen molar-refractivity contribution in [2.75, 3.05) is 7.11 Å². The van der Waals surface area contributed by atoms with E-state index in [0.717, 1.165) is 19.3 Å². The predicted molar refractivity (Wildman–Crippen MR) is 88.4 cm³/mol. The first-order valence-electron chi connectivity index (χ1n) is 8.94. The summed E-state index contributed by atoms with van der Waals surface area (Å²) in [4.78, 5) is 11.8. The Labute approximate surface area is 138 Å². The molecule has 23 heavy (non-hydrogen) atoms. The van der Waals surface area contributed by atoms with Gasteiger partial charge in [-0.05, 0) is 85.0 Å². The number of rotatable bonds is 1. The maximum absolute atomic E-state index is 11.8. The summed E-state index contributed by atoms with van der Waals surface area (Å²) in [5.74, 6) is 1.71. The molecule has 0 saturated heterocycles. The maximum atomic E-state index is 11.8.